The second-order valence-corrected chi connectivity index (χ2v) is 3.94. The van der Waals surface area contributed by atoms with Crippen LogP contribution in [0, 0.1) is 0 Å². The van der Waals surface area contributed by atoms with Crippen molar-refractivity contribution in [1.29, 1.82) is 0 Å². The molecule has 2 N–H and O–H groups in total. The maximum atomic E-state index is 11.9. The number of H-pyrrole nitrogens is 2. The molecule has 0 saturated heterocycles. The standard InChI is InChI=1S/C13H12N2O/c16-12-6-5-9(10-3-1-7-14-10)13(12)11-4-2-8-15-11/h1-4,7-8,14-15H,5-6H2. The van der Waals surface area contributed by atoms with E-state index in [4.69, 9.17) is 0 Å². The quantitative estimate of drug-likeness (QED) is 0.789. The lowest BCUT2D eigenvalue weighted by Crippen LogP contribution is -1.96. The zero-order valence-corrected chi connectivity index (χ0v) is 8.79. The zero-order chi connectivity index (χ0) is 11.0. The molecule has 80 valence electrons. The van der Waals surface area contributed by atoms with Crippen LogP contribution >= 0.6 is 0 Å². The molecule has 3 rings (SSSR count). The number of hydrogen-bond acceptors (Lipinski definition) is 1. The highest BCUT2D eigenvalue weighted by Gasteiger charge is 2.25. The number of hydrogen-bond donors (Lipinski definition) is 2. The van der Waals surface area contributed by atoms with E-state index < -0.39 is 0 Å². The second-order valence-electron chi connectivity index (χ2n) is 3.94. The molecule has 0 unspecified atom stereocenters. The van der Waals surface area contributed by atoms with Crippen LogP contribution < -0.4 is 0 Å². The number of aromatic nitrogens is 2. The maximum absolute atomic E-state index is 11.9. The van der Waals surface area contributed by atoms with Crippen LogP contribution in [0.3, 0.4) is 0 Å². The lowest BCUT2D eigenvalue weighted by molar-refractivity contribution is -0.113. The van der Waals surface area contributed by atoms with E-state index in [1.165, 1.54) is 0 Å². The molecule has 0 saturated carbocycles. The van der Waals surface area contributed by atoms with Gasteiger partial charge in [-0.15, -0.1) is 0 Å². The predicted molar refractivity (Wildman–Crippen MR) is 62.6 cm³/mol. The highest BCUT2D eigenvalue weighted by atomic mass is 16.1. The van der Waals surface area contributed by atoms with Crippen molar-refractivity contribution >= 4 is 16.9 Å². The number of Topliss-reactive ketones (excluding diaryl/α,β-unsaturated/α-hetero) is 1. The predicted octanol–water partition coefficient (Wildman–Crippen LogP) is 2.62. The van der Waals surface area contributed by atoms with E-state index in [9.17, 15) is 4.79 Å². The molecule has 16 heavy (non-hydrogen) atoms. The molecule has 2 heterocycles. The highest BCUT2D eigenvalue weighted by Crippen LogP contribution is 2.35. The van der Waals surface area contributed by atoms with Gasteiger partial charge in [-0.3, -0.25) is 4.79 Å². The van der Waals surface area contributed by atoms with Crippen molar-refractivity contribution in [2.24, 2.45) is 0 Å². The first-order valence-electron chi connectivity index (χ1n) is 5.40. The number of nitrogens with one attached hydrogen (secondary N) is 2. The molecule has 0 aromatic carbocycles. The van der Waals surface area contributed by atoms with Crippen LogP contribution in [0.15, 0.2) is 36.7 Å². The van der Waals surface area contributed by atoms with E-state index in [2.05, 4.69) is 9.97 Å². The highest BCUT2D eigenvalue weighted by molar-refractivity contribution is 6.30. The van der Waals surface area contributed by atoms with Gasteiger partial charge in [-0.05, 0) is 36.3 Å². The molecule has 3 nitrogen and oxygen atoms in total. The van der Waals surface area contributed by atoms with Crippen molar-refractivity contribution in [1.82, 2.24) is 9.97 Å². The smallest absolute Gasteiger partial charge is 0.165 e. The fraction of sp³-hybridized carbons (Fsp3) is 0.154. The average molecular weight is 212 g/mol. The second kappa shape index (κ2) is 3.52. The Labute approximate surface area is 93.2 Å². The molecule has 0 fully saturated rings. The van der Waals surface area contributed by atoms with Gasteiger partial charge in [-0.2, -0.15) is 0 Å². The Hall–Kier alpha value is -2.03. The lowest BCUT2D eigenvalue weighted by Gasteiger charge is -2.02. The van der Waals surface area contributed by atoms with Gasteiger partial charge >= 0.3 is 0 Å². The molecule has 0 radical (unpaired) electrons. The van der Waals surface area contributed by atoms with Crippen molar-refractivity contribution in [3.05, 3.63) is 48.0 Å². The molecule has 0 atom stereocenters. The van der Waals surface area contributed by atoms with E-state index in [-0.39, 0.29) is 5.78 Å². The Kier molecular flexibility index (Phi) is 2.03. The van der Waals surface area contributed by atoms with Gasteiger partial charge in [-0.25, -0.2) is 0 Å². The molecule has 0 aliphatic heterocycles. The maximum Gasteiger partial charge on any atom is 0.165 e. The fourth-order valence-electron chi connectivity index (χ4n) is 2.24. The summed E-state index contributed by atoms with van der Waals surface area (Å²) in [5, 5.41) is 0. The van der Waals surface area contributed by atoms with Crippen LogP contribution in [0.5, 0.6) is 0 Å². The largest absolute Gasteiger partial charge is 0.361 e. The van der Waals surface area contributed by atoms with Gasteiger partial charge in [0, 0.05) is 35.8 Å². The summed E-state index contributed by atoms with van der Waals surface area (Å²) in [4.78, 5) is 18.2. The summed E-state index contributed by atoms with van der Waals surface area (Å²) in [5.41, 5.74) is 3.94. The third kappa shape index (κ3) is 1.33. The van der Waals surface area contributed by atoms with Gasteiger partial charge in [0.05, 0.1) is 0 Å². The van der Waals surface area contributed by atoms with Crippen molar-refractivity contribution in [2.75, 3.05) is 0 Å². The molecule has 0 spiro atoms. The first-order chi connectivity index (χ1) is 7.86. The van der Waals surface area contributed by atoms with Gasteiger partial charge in [-0.1, -0.05) is 0 Å². The number of aromatic amines is 2. The Morgan fingerprint density at radius 2 is 1.62 bits per heavy atom. The molecule has 1 aliphatic carbocycles. The van der Waals surface area contributed by atoms with Crippen molar-refractivity contribution in [2.45, 2.75) is 12.8 Å². The van der Waals surface area contributed by atoms with Crippen LogP contribution in [-0.2, 0) is 4.79 Å². The number of rotatable bonds is 2. The van der Waals surface area contributed by atoms with Gasteiger partial charge in [0.2, 0.25) is 0 Å². The Bertz CT molecular complexity index is 533. The normalized spacial score (nSPS) is 16.1. The zero-order valence-electron chi connectivity index (χ0n) is 8.79. The van der Waals surface area contributed by atoms with Crippen molar-refractivity contribution in [3.63, 3.8) is 0 Å². The van der Waals surface area contributed by atoms with E-state index in [0.717, 1.165) is 29.0 Å². The molecule has 0 amide bonds. The van der Waals surface area contributed by atoms with Crippen molar-refractivity contribution < 1.29 is 4.79 Å². The molecular formula is C13H12N2O. The topological polar surface area (TPSA) is 48.6 Å². The summed E-state index contributed by atoms with van der Waals surface area (Å²) in [5.74, 6) is 0.229. The molecular weight excluding hydrogens is 200 g/mol. The average Bonchev–Trinajstić information content (AvgIpc) is 2.96. The van der Waals surface area contributed by atoms with Crippen LogP contribution in [0.1, 0.15) is 24.2 Å². The number of allylic oxidation sites excluding steroid dienone is 2. The minimum absolute atomic E-state index is 0.229. The number of ketones is 1. The summed E-state index contributed by atoms with van der Waals surface area (Å²) in [6.45, 7) is 0. The Morgan fingerprint density at radius 1 is 0.938 bits per heavy atom. The minimum Gasteiger partial charge on any atom is -0.361 e. The molecule has 2 aromatic rings. The Morgan fingerprint density at radius 3 is 2.25 bits per heavy atom. The van der Waals surface area contributed by atoms with E-state index in [1.807, 2.05) is 36.7 Å². The summed E-state index contributed by atoms with van der Waals surface area (Å²) < 4.78 is 0. The molecule has 0 bridgehead atoms. The molecule has 2 aromatic heterocycles. The van der Waals surface area contributed by atoms with E-state index in [1.54, 1.807) is 0 Å². The minimum atomic E-state index is 0.229. The fourth-order valence-corrected chi connectivity index (χ4v) is 2.24. The first-order valence-corrected chi connectivity index (χ1v) is 5.40. The van der Waals surface area contributed by atoms with Crippen LogP contribution in [-0.4, -0.2) is 15.8 Å². The number of carbonyl (C=O) groups is 1. The van der Waals surface area contributed by atoms with E-state index >= 15 is 0 Å². The molecule has 1 aliphatic rings. The van der Waals surface area contributed by atoms with Gasteiger partial charge < -0.3 is 9.97 Å². The summed E-state index contributed by atoms with van der Waals surface area (Å²) >= 11 is 0. The molecule has 3 heteroatoms. The summed E-state index contributed by atoms with van der Waals surface area (Å²) in [7, 11) is 0. The third-order valence-corrected chi connectivity index (χ3v) is 2.97. The van der Waals surface area contributed by atoms with E-state index in [0.29, 0.717) is 6.42 Å². The first kappa shape index (κ1) is 9.21. The summed E-state index contributed by atoms with van der Waals surface area (Å²) in [6.07, 6.45) is 5.17. The Balaban J connectivity index is 2.16. The van der Waals surface area contributed by atoms with Gasteiger partial charge in [0.15, 0.2) is 5.78 Å². The van der Waals surface area contributed by atoms with Crippen LogP contribution in [0.25, 0.3) is 11.1 Å². The van der Waals surface area contributed by atoms with Crippen molar-refractivity contribution in [3.8, 4) is 0 Å². The SMILES string of the molecule is O=C1CCC(c2ccc[nH]2)=C1c1ccc[nH]1. The summed E-state index contributed by atoms with van der Waals surface area (Å²) in [6, 6.07) is 7.83. The van der Waals surface area contributed by atoms with Gasteiger partial charge in [0.1, 0.15) is 0 Å². The van der Waals surface area contributed by atoms with Gasteiger partial charge in [0.25, 0.3) is 0 Å². The lowest BCUT2D eigenvalue weighted by atomic mass is 10.1. The van der Waals surface area contributed by atoms with Crippen LogP contribution in [0.4, 0.5) is 0 Å². The monoisotopic (exact) mass is 212 g/mol. The third-order valence-electron chi connectivity index (χ3n) is 2.97. The van der Waals surface area contributed by atoms with Crippen LogP contribution in [0.2, 0.25) is 0 Å². The number of carbonyl (C=O) groups excluding carboxylic acids is 1.